The standard InChI is InChI=1S/C35H43N3O6S/c1-22-15-26(36)16-23(2)33(22)45-21-32(40)37-27(17-24-9-5-3-6-10-24)19-30(39)29(18-25-11-7-4-8-12-25)38-35(41)44-31-20-43-34-28(31)13-14-42-34/h3-12,15-16,27-31,34,39H,13-14,17-21,36H2,1-2H3,(H,37,40)(H,38,41)/t27-,28-,29-,30-,31-,34+/m0/s1. The number of hydrogen-bond acceptors (Lipinski definition) is 8. The van der Waals surface area contributed by atoms with Gasteiger partial charge in [0, 0.05) is 16.6 Å². The third kappa shape index (κ3) is 9.23. The number of alkyl carbamates (subject to hydrolysis) is 1. The van der Waals surface area contributed by atoms with E-state index in [2.05, 4.69) is 10.6 Å². The normalized spacial score (nSPS) is 21.0. The summed E-state index contributed by atoms with van der Waals surface area (Å²) in [6.07, 6.45) is -0.383. The lowest BCUT2D eigenvalue weighted by Crippen LogP contribution is -2.49. The fraction of sp³-hybridized carbons (Fsp3) is 0.429. The largest absolute Gasteiger partial charge is 0.443 e. The number of nitrogens with one attached hydrogen (secondary N) is 2. The summed E-state index contributed by atoms with van der Waals surface area (Å²) in [6, 6.07) is 22.3. The summed E-state index contributed by atoms with van der Waals surface area (Å²) in [5.74, 6) is 0.100. The third-order valence-electron chi connectivity index (χ3n) is 8.36. The van der Waals surface area contributed by atoms with Crippen molar-refractivity contribution in [3.8, 4) is 0 Å². The number of nitrogens with two attached hydrogens (primary N) is 1. The molecule has 5 N–H and O–H groups in total. The fourth-order valence-electron chi connectivity index (χ4n) is 6.19. The molecule has 0 radical (unpaired) electrons. The van der Waals surface area contributed by atoms with E-state index in [0.717, 1.165) is 33.6 Å². The molecule has 0 saturated carbocycles. The molecule has 45 heavy (non-hydrogen) atoms. The average Bonchev–Trinajstić information content (AvgIpc) is 3.62. The number of ether oxygens (including phenoxy) is 3. The van der Waals surface area contributed by atoms with Crippen molar-refractivity contribution < 1.29 is 28.9 Å². The van der Waals surface area contributed by atoms with Crippen LogP contribution in [-0.2, 0) is 31.8 Å². The van der Waals surface area contributed by atoms with Crippen LogP contribution in [0.2, 0.25) is 0 Å². The van der Waals surface area contributed by atoms with Gasteiger partial charge in [0.05, 0.1) is 37.0 Å². The summed E-state index contributed by atoms with van der Waals surface area (Å²) in [7, 11) is 0. The van der Waals surface area contributed by atoms with Crippen LogP contribution in [0, 0.1) is 19.8 Å². The number of carbonyl (C=O) groups excluding carboxylic acids is 2. The summed E-state index contributed by atoms with van der Waals surface area (Å²) < 4.78 is 16.9. The van der Waals surface area contributed by atoms with Gasteiger partial charge in [-0.2, -0.15) is 0 Å². The zero-order valence-electron chi connectivity index (χ0n) is 25.8. The summed E-state index contributed by atoms with van der Waals surface area (Å²) in [5.41, 5.74) is 10.7. The van der Waals surface area contributed by atoms with E-state index in [1.165, 1.54) is 11.8 Å². The Morgan fingerprint density at radius 1 is 0.978 bits per heavy atom. The second-order valence-corrected chi connectivity index (χ2v) is 12.9. The van der Waals surface area contributed by atoms with Crippen molar-refractivity contribution in [2.45, 2.75) is 75.0 Å². The number of aliphatic hydroxyl groups excluding tert-OH is 1. The molecule has 0 unspecified atom stereocenters. The van der Waals surface area contributed by atoms with Gasteiger partial charge in [0.2, 0.25) is 5.91 Å². The van der Waals surface area contributed by atoms with Crippen LogP contribution < -0.4 is 16.4 Å². The molecule has 0 spiro atoms. The number of nitrogen functional groups attached to an aromatic ring is 1. The molecule has 2 saturated heterocycles. The Kier molecular flexibility index (Phi) is 11.4. The predicted molar refractivity (Wildman–Crippen MR) is 175 cm³/mol. The first kappa shape index (κ1) is 32.8. The number of fused-ring (bicyclic) bond motifs is 1. The molecule has 240 valence electrons. The molecular formula is C35H43N3O6S. The molecule has 0 aliphatic carbocycles. The Labute approximate surface area is 269 Å². The monoisotopic (exact) mass is 633 g/mol. The second kappa shape index (κ2) is 15.6. The lowest BCUT2D eigenvalue weighted by atomic mass is 9.93. The van der Waals surface area contributed by atoms with Crippen LogP contribution in [0.5, 0.6) is 0 Å². The van der Waals surface area contributed by atoms with Gasteiger partial charge >= 0.3 is 6.09 Å². The Hall–Kier alpha value is -3.57. The third-order valence-corrected chi connectivity index (χ3v) is 9.70. The number of amides is 2. The predicted octanol–water partition coefficient (Wildman–Crippen LogP) is 4.56. The maximum atomic E-state index is 13.3. The van der Waals surface area contributed by atoms with Crippen molar-refractivity contribution in [3.05, 3.63) is 95.1 Å². The molecule has 2 aliphatic heterocycles. The van der Waals surface area contributed by atoms with Gasteiger partial charge in [-0.05, 0) is 73.9 Å². The summed E-state index contributed by atoms with van der Waals surface area (Å²) >= 11 is 1.47. The van der Waals surface area contributed by atoms with Crippen LogP contribution in [0.1, 0.15) is 35.1 Å². The molecule has 6 atom stereocenters. The van der Waals surface area contributed by atoms with Crippen molar-refractivity contribution in [3.63, 3.8) is 0 Å². The first-order valence-electron chi connectivity index (χ1n) is 15.5. The van der Waals surface area contributed by atoms with E-state index < -0.39 is 24.3 Å². The molecule has 2 heterocycles. The van der Waals surface area contributed by atoms with Gasteiger partial charge in [-0.15, -0.1) is 11.8 Å². The number of benzene rings is 3. The van der Waals surface area contributed by atoms with Gasteiger partial charge in [0.25, 0.3) is 0 Å². The number of aliphatic hydroxyl groups is 1. The molecule has 3 aromatic rings. The Balaban J connectivity index is 1.26. The van der Waals surface area contributed by atoms with Crippen LogP contribution in [0.25, 0.3) is 0 Å². The van der Waals surface area contributed by atoms with Crippen molar-refractivity contribution in [2.24, 2.45) is 5.92 Å². The topological polar surface area (TPSA) is 132 Å². The Morgan fingerprint density at radius 2 is 1.62 bits per heavy atom. The minimum atomic E-state index is -0.969. The van der Waals surface area contributed by atoms with Crippen LogP contribution in [0.4, 0.5) is 10.5 Å². The SMILES string of the molecule is Cc1cc(N)cc(C)c1SCC(=O)N[C@@H](Cc1ccccc1)C[C@H](O)[C@H](Cc1ccccc1)NC(=O)O[C@H]1CO[C@H]2OCC[C@H]21. The fourth-order valence-corrected chi connectivity index (χ4v) is 7.12. The molecule has 3 aromatic carbocycles. The number of rotatable bonds is 13. The summed E-state index contributed by atoms with van der Waals surface area (Å²) in [4.78, 5) is 27.4. The number of thioether (sulfide) groups is 1. The molecule has 0 aromatic heterocycles. The maximum absolute atomic E-state index is 13.3. The van der Waals surface area contributed by atoms with Gasteiger partial charge in [-0.1, -0.05) is 60.7 Å². The first-order valence-corrected chi connectivity index (χ1v) is 16.5. The van der Waals surface area contributed by atoms with Crippen molar-refractivity contribution in [2.75, 3.05) is 24.7 Å². The highest BCUT2D eigenvalue weighted by molar-refractivity contribution is 8.00. The molecule has 5 rings (SSSR count). The van der Waals surface area contributed by atoms with Gasteiger partial charge < -0.3 is 35.7 Å². The zero-order chi connectivity index (χ0) is 31.8. The average molecular weight is 634 g/mol. The second-order valence-electron chi connectivity index (χ2n) is 11.9. The first-order chi connectivity index (χ1) is 21.7. The minimum Gasteiger partial charge on any atom is -0.443 e. The van der Waals surface area contributed by atoms with Gasteiger partial charge in [0.1, 0.15) is 6.10 Å². The Bertz CT molecular complexity index is 1400. The molecule has 10 heteroatoms. The summed E-state index contributed by atoms with van der Waals surface area (Å²) in [5, 5.41) is 17.7. The lowest BCUT2D eigenvalue weighted by Gasteiger charge is -2.29. The van der Waals surface area contributed by atoms with Gasteiger partial charge in [0.15, 0.2) is 6.29 Å². The highest BCUT2D eigenvalue weighted by Gasteiger charge is 2.44. The van der Waals surface area contributed by atoms with Crippen LogP contribution in [0.3, 0.4) is 0 Å². The molecule has 2 aliphatic rings. The van der Waals surface area contributed by atoms with Crippen LogP contribution >= 0.6 is 11.8 Å². The van der Waals surface area contributed by atoms with Crippen molar-refractivity contribution in [1.29, 1.82) is 0 Å². The number of aryl methyl sites for hydroxylation is 2. The number of carbonyl (C=O) groups is 2. The smallest absolute Gasteiger partial charge is 0.407 e. The van der Waals surface area contributed by atoms with E-state index in [-0.39, 0.29) is 42.9 Å². The molecule has 9 nitrogen and oxygen atoms in total. The van der Waals surface area contributed by atoms with Crippen LogP contribution in [-0.4, -0.2) is 66.7 Å². The van der Waals surface area contributed by atoms with Gasteiger partial charge in [-0.25, -0.2) is 4.79 Å². The van der Waals surface area contributed by atoms with E-state index in [1.54, 1.807) is 0 Å². The van der Waals surface area contributed by atoms with E-state index in [1.807, 2.05) is 86.6 Å². The Morgan fingerprint density at radius 3 is 2.29 bits per heavy atom. The number of hydrogen-bond donors (Lipinski definition) is 4. The van der Waals surface area contributed by atoms with E-state index in [0.29, 0.717) is 25.1 Å². The molecule has 2 amide bonds. The zero-order valence-corrected chi connectivity index (χ0v) is 26.6. The van der Waals surface area contributed by atoms with E-state index in [4.69, 9.17) is 19.9 Å². The maximum Gasteiger partial charge on any atom is 0.407 e. The van der Waals surface area contributed by atoms with Crippen molar-refractivity contribution >= 4 is 29.4 Å². The van der Waals surface area contributed by atoms with Crippen molar-refractivity contribution in [1.82, 2.24) is 10.6 Å². The van der Waals surface area contributed by atoms with E-state index >= 15 is 0 Å². The van der Waals surface area contributed by atoms with Gasteiger partial charge in [-0.3, -0.25) is 4.79 Å². The number of anilines is 1. The molecule has 0 bridgehead atoms. The quantitative estimate of drug-likeness (QED) is 0.159. The highest BCUT2D eigenvalue weighted by atomic mass is 32.2. The minimum absolute atomic E-state index is 0.0115. The lowest BCUT2D eigenvalue weighted by molar-refractivity contribution is -0.119. The molecule has 2 fully saturated rings. The molecular weight excluding hydrogens is 590 g/mol. The highest BCUT2D eigenvalue weighted by Crippen LogP contribution is 2.33. The van der Waals surface area contributed by atoms with Crippen LogP contribution in [0.15, 0.2) is 77.7 Å². The van der Waals surface area contributed by atoms with E-state index in [9.17, 15) is 14.7 Å². The summed E-state index contributed by atoms with van der Waals surface area (Å²) in [6.45, 7) is 4.84.